The van der Waals surface area contributed by atoms with E-state index in [1.807, 2.05) is 24.5 Å². The van der Waals surface area contributed by atoms with Gasteiger partial charge in [0.05, 0.1) is 0 Å². The maximum absolute atomic E-state index is 3.00. The number of nitrogens with one attached hydrogen (secondary N) is 1. The first-order valence-corrected chi connectivity index (χ1v) is 2.08. The third-order valence-electron chi connectivity index (χ3n) is 0.496. The Morgan fingerprint density at radius 3 is 1.50 bits per heavy atom. The zero-order chi connectivity index (χ0) is 5.54. The molecular weight excluding hydrogens is 150 g/mol. The molecule has 49 valence electrons. The fourth-order valence-electron chi connectivity index (χ4n) is 0.278. The summed E-state index contributed by atoms with van der Waals surface area (Å²) in [5.74, 6) is 0. The minimum absolute atomic E-state index is 0. The second-order valence-electron chi connectivity index (χ2n) is 0.885. The molecule has 2 heteroatoms. The van der Waals surface area contributed by atoms with E-state index in [0.29, 0.717) is 0 Å². The van der Waals surface area contributed by atoms with Crippen molar-refractivity contribution < 1.29 is 17.1 Å². The topological polar surface area (TPSA) is 15.8 Å². The second kappa shape index (κ2) is 9.74. The second-order valence-corrected chi connectivity index (χ2v) is 0.885. The van der Waals surface area contributed by atoms with Crippen LogP contribution in [0.25, 0.3) is 0 Å². The van der Waals surface area contributed by atoms with Crippen molar-refractivity contribution in [3.05, 3.63) is 37.7 Å². The predicted molar refractivity (Wildman–Crippen MR) is 32.0 cm³/mol. The van der Waals surface area contributed by atoms with Crippen molar-refractivity contribution in [1.82, 2.24) is 4.98 Å². The summed E-state index contributed by atoms with van der Waals surface area (Å²) < 4.78 is 0. The summed E-state index contributed by atoms with van der Waals surface area (Å²) in [5.41, 5.74) is 0. The number of aromatic amines is 1. The van der Waals surface area contributed by atoms with Crippen molar-refractivity contribution in [3.63, 3.8) is 0 Å². The van der Waals surface area contributed by atoms with Crippen molar-refractivity contribution in [2.75, 3.05) is 0 Å². The molecule has 1 radical (unpaired) electrons. The standard InChI is InChI=1S/C4H5N.C2H4.Cu/c1-2-4-5-3-1;1-2;/h1-5H;1-2H2;. The molecule has 1 aromatic heterocycles. The van der Waals surface area contributed by atoms with Crippen LogP contribution >= 0.6 is 0 Å². The van der Waals surface area contributed by atoms with Crippen LogP contribution in [0.4, 0.5) is 0 Å². The zero-order valence-corrected chi connectivity index (χ0v) is 5.47. The molecule has 0 aliphatic carbocycles. The van der Waals surface area contributed by atoms with Crippen LogP contribution in [0.3, 0.4) is 0 Å². The van der Waals surface area contributed by atoms with E-state index in [1.165, 1.54) is 0 Å². The third-order valence-corrected chi connectivity index (χ3v) is 0.496. The van der Waals surface area contributed by atoms with E-state index < -0.39 is 0 Å². The number of hydrogen-bond acceptors (Lipinski definition) is 0. The molecule has 0 aliphatic heterocycles. The smallest absolute Gasteiger partial charge is 0.000496 e. The van der Waals surface area contributed by atoms with Gasteiger partial charge < -0.3 is 4.98 Å². The first-order valence-electron chi connectivity index (χ1n) is 2.08. The molecule has 0 unspecified atom stereocenters. The fourth-order valence-corrected chi connectivity index (χ4v) is 0.278. The molecule has 1 heterocycles. The largest absolute Gasteiger partial charge is 0.368 e. The Morgan fingerprint density at radius 2 is 1.38 bits per heavy atom. The summed E-state index contributed by atoms with van der Waals surface area (Å²) in [6.45, 7) is 6.00. The molecule has 0 fully saturated rings. The molecular formula is C6H9CuN. The molecule has 0 saturated heterocycles. The van der Waals surface area contributed by atoms with Gasteiger partial charge in [-0.1, -0.05) is 0 Å². The number of aromatic nitrogens is 1. The Bertz CT molecular complexity index is 75.4. The monoisotopic (exact) mass is 158 g/mol. The number of hydrogen-bond donors (Lipinski definition) is 1. The molecule has 1 nitrogen and oxygen atoms in total. The quantitative estimate of drug-likeness (QED) is 0.438. The van der Waals surface area contributed by atoms with E-state index in [4.69, 9.17) is 0 Å². The van der Waals surface area contributed by atoms with Crippen molar-refractivity contribution in [3.8, 4) is 0 Å². The minimum Gasteiger partial charge on any atom is -0.368 e. The van der Waals surface area contributed by atoms with Crippen molar-refractivity contribution >= 4 is 0 Å². The van der Waals surface area contributed by atoms with Gasteiger partial charge in [-0.25, -0.2) is 0 Å². The maximum atomic E-state index is 3.00. The summed E-state index contributed by atoms with van der Waals surface area (Å²) in [4.78, 5) is 2.86. The van der Waals surface area contributed by atoms with E-state index in [1.54, 1.807) is 0 Å². The number of H-pyrrole nitrogens is 1. The van der Waals surface area contributed by atoms with Gasteiger partial charge in [0.2, 0.25) is 0 Å². The van der Waals surface area contributed by atoms with Gasteiger partial charge in [0.25, 0.3) is 0 Å². The Balaban J connectivity index is 0. The SMILES string of the molecule is C=C.[Cu].c1cc[nH]c1. The molecule has 1 aromatic rings. The predicted octanol–water partition coefficient (Wildman–Crippen LogP) is 1.81. The minimum atomic E-state index is 0. The summed E-state index contributed by atoms with van der Waals surface area (Å²) in [6, 6.07) is 3.89. The molecule has 8 heavy (non-hydrogen) atoms. The van der Waals surface area contributed by atoms with Crippen LogP contribution in [-0.2, 0) is 17.1 Å². The zero-order valence-electron chi connectivity index (χ0n) is 4.53. The van der Waals surface area contributed by atoms with Crippen LogP contribution in [0.5, 0.6) is 0 Å². The first kappa shape index (κ1) is 10.5. The molecule has 0 spiro atoms. The Kier molecular flexibility index (Phi) is 12.8. The van der Waals surface area contributed by atoms with Gasteiger partial charge >= 0.3 is 0 Å². The average molecular weight is 159 g/mol. The van der Waals surface area contributed by atoms with E-state index in [0.717, 1.165) is 0 Å². The molecule has 0 aliphatic rings. The molecule has 0 bridgehead atoms. The molecule has 0 saturated carbocycles. The molecule has 1 rings (SSSR count). The van der Waals surface area contributed by atoms with Gasteiger partial charge in [-0.3, -0.25) is 0 Å². The molecule has 1 N–H and O–H groups in total. The Labute approximate surface area is 60.3 Å². The Hall–Kier alpha value is -0.461. The number of rotatable bonds is 0. The third kappa shape index (κ3) is 5.54. The van der Waals surface area contributed by atoms with Crippen LogP contribution in [0.2, 0.25) is 0 Å². The van der Waals surface area contributed by atoms with Gasteiger partial charge in [-0.2, -0.15) is 0 Å². The van der Waals surface area contributed by atoms with Crippen molar-refractivity contribution in [1.29, 1.82) is 0 Å². The molecule has 0 atom stereocenters. The van der Waals surface area contributed by atoms with E-state index in [2.05, 4.69) is 18.1 Å². The van der Waals surface area contributed by atoms with Gasteiger partial charge in [-0.15, -0.1) is 13.2 Å². The summed E-state index contributed by atoms with van der Waals surface area (Å²) in [5, 5.41) is 0. The van der Waals surface area contributed by atoms with Crippen LogP contribution < -0.4 is 0 Å². The molecule has 0 aromatic carbocycles. The van der Waals surface area contributed by atoms with E-state index in [-0.39, 0.29) is 17.1 Å². The van der Waals surface area contributed by atoms with E-state index in [9.17, 15) is 0 Å². The first-order chi connectivity index (χ1) is 3.50. The van der Waals surface area contributed by atoms with Gasteiger partial charge in [-0.05, 0) is 12.1 Å². The van der Waals surface area contributed by atoms with Crippen LogP contribution in [0.15, 0.2) is 37.7 Å². The van der Waals surface area contributed by atoms with Crippen LogP contribution in [0.1, 0.15) is 0 Å². The summed E-state index contributed by atoms with van der Waals surface area (Å²) >= 11 is 0. The van der Waals surface area contributed by atoms with Crippen LogP contribution in [-0.4, -0.2) is 4.98 Å². The van der Waals surface area contributed by atoms with Gasteiger partial charge in [0.15, 0.2) is 0 Å². The van der Waals surface area contributed by atoms with Crippen molar-refractivity contribution in [2.45, 2.75) is 0 Å². The normalized spacial score (nSPS) is 5.50. The van der Waals surface area contributed by atoms with Crippen molar-refractivity contribution in [2.24, 2.45) is 0 Å². The Morgan fingerprint density at radius 1 is 1.00 bits per heavy atom. The summed E-state index contributed by atoms with van der Waals surface area (Å²) in [6.07, 6.45) is 3.75. The van der Waals surface area contributed by atoms with Gasteiger partial charge in [0.1, 0.15) is 0 Å². The van der Waals surface area contributed by atoms with Crippen LogP contribution in [0, 0.1) is 0 Å². The maximum Gasteiger partial charge on any atom is 0.000496 e. The summed E-state index contributed by atoms with van der Waals surface area (Å²) in [7, 11) is 0. The van der Waals surface area contributed by atoms with Gasteiger partial charge in [0, 0.05) is 29.5 Å². The fraction of sp³-hybridized carbons (Fsp3) is 0. The molecule has 0 amide bonds. The van der Waals surface area contributed by atoms with E-state index >= 15 is 0 Å². The average Bonchev–Trinajstić information content (AvgIpc) is 2.23.